The standard InChI is InChI=1S/C21H17N5O/c1-14(16-11-10-15-6-2-3-7-17(15)13-16)12-20(27)22-19-9-5-4-8-18(19)21-23-25-26-24-21/h2-13H,1H3,(H,22,27)(H,23,24,25,26)/b14-12-. The second-order valence-corrected chi connectivity index (χ2v) is 6.17. The van der Waals surface area contributed by atoms with Crippen molar-refractivity contribution in [2.45, 2.75) is 6.92 Å². The number of nitrogens with one attached hydrogen (secondary N) is 2. The molecule has 0 bridgehead atoms. The molecule has 0 saturated heterocycles. The van der Waals surface area contributed by atoms with E-state index < -0.39 is 0 Å². The summed E-state index contributed by atoms with van der Waals surface area (Å²) in [5, 5.41) is 19.0. The smallest absolute Gasteiger partial charge is 0.248 e. The molecule has 1 aromatic heterocycles. The normalized spacial score (nSPS) is 11.5. The fourth-order valence-corrected chi connectivity index (χ4v) is 2.96. The minimum Gasteiger partial charge on any atom is -0.322 e. The quantitative estimate of drug-likeness (QED) is 0.541. The number of rotatable bonds is 4. The molecule has 6 heteroatoms. The van der Waals surface area contributed by atoms with Gasteiger partial charge in [0, 0.05) is 11.6 Å². The number of para-hydroxylation sites is 1. The molecule has 1 heterocycles. The molecule has 0 saturated carbocycles. The van der Waals surface area contributed by atoms with Crippen molar-refractivity contribution in [2.24, 2.45) is 0 Å². The Morgan fingerprint density at radius 3 is 2.59 bits per heavy atom. The Labute approximate surface area is 155 Å². The highest BCUT2D eigenvalue weighted by atomic mass is 16.1. The van der Waals surface area contributed by atoms with Gasteiger partial charge >= 0.3 is 0 Å². The third kappa shape index (κ3) is 3.59. The zero-order valence-corrected chi connectivity index (χ0v) is 14.7. The number of carbonyl (C=O) groups excluding carboxylic acids is 1. The van der Waals surface area contributed by atoms with Crippen LogP contribution in [-0.2, 0) is 4.79 Å². The average Bonchev–Trinajstić information content (AvgIpc) is 3.22. The first-order valence-electron chi connectivity index (χ1n) is 8.52. The summed E-state index contributed by atoms with van der Waals surface area (Å²) >= 11 is 0. The van der Waals surface area contributed by atoms with Crippen LogP contribution in [0, 0.1) is 0 Å². The Bertz CT molecular complexity index is 1130. The summed E-state index contributed by atoms with van der Waals surface area (Å²) in [4.78, 5) is 12.5. The third-order valence-corrected chi connectivity index (χ3v) is 4.34. The minimum atomic E-state index is -0.208. The van der Waals surface area contributed by atoms with Crippen molar-refractivity contribution in [1.82, 2.24) is 20.6 Å². The van der Waals surface area contributed by atoms with Gasteiger partial charge in [-0.2, -0.15) is 0 Å². The molecule has 2 N–H and O–H groups in total. The van der Waals surface area contributed by atoms with E-state index >= 15 is 0 Å². The molecule has 3 aromatic carbocycles. The van der Waals surface area contributed by atoms with E-state index in [1.807, 2.05) is 49.4 Å². The highest BCUT2D eigenvalue weighted by Crippen LogP contribution is 2.25. The topological polar surface area (TPSA) is 83.6 Å². The maximum atomic E-state index is 12.5. The molecule has 0 atom stereocenters. The highest BCUT2D eigenvalue weighted by molar-refractivity contribution is 6.05. The molecular formula is C21H17N5O. The van der Waals surface area contributed by atoms with Gasteiger partial charge in [-0.25, -0.2) is 5.10 Å². The number of hydrogen-bond donors (Lipinski definition) is 2. The zero-order valence-electron chi connectivity index (χ0n) is 14.7. The fraction of sp³-hybridized carbons (Fsp3) is 0.0476. The Balaban J connectivity index is 1.58. The summed E-state index contributed by atoms with van der Waals surface area (Å²) in [6.07, 6.45) is 1.60. The second-order valence-electron chi connectivity index (χ2n) is 6.17. The van der Waals surface area contributed by atoms with Crippen molar-refractivity contribution in [3.05, 3.63) is 78.4 Å². The van der Waals surface area contributed by atoms with Crippen LogP contribution in [0.4, 0.5) is 5.69 Å². The number of amides is 1. The van der Waals surface area contributed by atoms with E-state index in [-0.39, 0.29) is 5.91 Å². The fourth-order valence-electron chi connectivity index (χ4n) is 2.96. The Kier molecular flexibility index (Phi) is 4.45. The van der Waals surface area contributed by atoms with Gasteiger partial charge in [-0.05, 0) is 57.5 Å². The number of aromatic nitrogens is 4. The number of aromatic amines is 1. The van der Waals surface area contributed by atoms with Crippen LogP contribution in [0.1, 0.15) is 12.5 Å². The number of fused-ring (bicyclic) bond motifs is 1. The summed E-state index contributed by atoms with van der Waals surface area (Å²) in [6, 6.07) is 21.7. The van der Waals surface area contributed by atoms with Gasteiger partial charge in [-0.15, -0.1) is 5.10 Å². The maximum Gasteiger partial charge on any atom is 0.248 e. The zero-order chi connectivity index (χ0) is 18.6. The monoisotopic (exact) mass is 355 g/mol. The van der Waals surface area contributed by atoms with Gasteiger partial charge in [0.05, 0.1) is 5.69 Å². The minimum absolute atomic E-state index is 0.208. The van der Waals surface area contributed by atoms with E-state index in [1.165, 1.54) is 5.39 Å². The van der Waals surface area contributed by atoms with Crippen molar-refractivity contribution < 1.29 is 4.79 Å². The van der Waals surface area contributed by atoms with Crippen molar-refractivity contribution in [3.63, 3.8) is 0 Å². The summed E-state index contributed by atoms with van der Waals surface area (Å²) in [7, 11) is 0. The number of H-pyrrole nitrogens is 1. The SMILES string of the molecule is C/C(=C/C(=O)Nc1ccccc1-c1nnn[nH]1)c1ccc2ccccc2c1. The molecule has 0 fully saturated rings. The first-order valence-corrected chi connectivity index (χ1v) is 8.52. The van der Waals surface area contributed by atoms with Gasteiger partial charge in [0.15, 0.2) is 5.82 Å². The molecule has 0 spiro atoms. The predicted molar refractivity (Wildman–Crippen MR) is 106 cm³/mol. The van der Waals surface area contributed by atoms with Crippen LogP contribution in [0.5, 0.6) is 0 Å². The molecule has 0 aliphatic heterocycles. The number of tetrazole rings is 1. The first kappa shape index (κ1) is 16.7. The van der Waals surface area contributed by atoms with Gasteiger partial charge in [-0.1, -0.05) is 48.5 Å². The van der Waals surface area contributed by atoms with E-state index in [0.29, 0.717) is 11.5 Å². The number of anilines is 1. The molecule has 4 aromatic rings. The molecule has 132 valence electrons. The van der Waals surface area contributed by atoms with Gasteiger partial charge < -0.3 is 5.32 Å². The van der Waals surface area contributed by atoms with E-state index in [2.05, 4.69) is 50.2 Å². The summed E-state index contributed by atoms with van der Waals surface area (Å²) in [5.41, 5.74) is 3.27. The lowest BCUT2D eigenvalue weighted by molar-refractivity contribution is -0.111. The number of hydrogen-bond acceptors (Lipinski definition) is 4. The maximum absolute atomic E-state index is 12.5. The van der Waals surface area contributed by atoms with Crippen molar-refractivity contribution in [3.8, 4) is 11.4 Å². The number of carbonyl (C=O) groups is 1. The van der Waals surface area contributed by atoms with Crippen LogP contribution >= 0.6 is 0 Å². The van der Waals surface area contributed by atoms with Crippen LogP contribution in [0.15, 0.2) is 72.8 Å². The third-order valence-electron chi connectivity index (χ3n) is 4.34. The van der Waals surface area contributed by atoms with E-state index in [4.69, 9.17) is 0 Å². The Morgan fingerprint density at radius 2 is 1.78 bits per heavy atom. The molecule has 0 aliphatic rings. The molecule has 0 aliphatic carbocycles. The summed E-state index contributed by atoms with van der Waals surface area (Å²) in [6.45, 7) is 1.93. The van der Waals surface area contributed by atoms with Gasteiger partial charge in [0.1, 0.15) is 0 Å². The van der Waals surface area contributed by atoms with Gasteiger partial charge in [0.25, 0.3) is 0 Å². The Morgan fingerprint density at radius 1 is 1.00 bits per heavy atom. The van der Waals surface area contributed by atoms with Crippen LogP contribution in [0.3, 0.4) is 0 Å². The average molecular weight is 355 g/mol. The van der Waals surface area contributed by atoms with Crippen LogP contribution in [0.2, 0.25) is 0 Å². The number of nitrogens with zero attached hydrogens (tertiary/aromatic N) is 3. The van der Waals surface area contributed by atoms with E-state index in [0.717, 1.165) is 22.1 Å². The largest absolute Gasteiger partial charge is 0.322 e. The molecule has 6 nitrogen and oxygen atoms in total. The molecule has 4 rings (SSSR count). The van der Waals surface area contributed by atoms with Crippen LogP contribution < -0.4 is 5.32 Å². The van der Waals surface area contributed by atoms with Crippen molar-refractivity contribution in [2.75, 3.05) is 5.32 Å². The molecule has 0 radical (unpaired) electrons. The second kappa shape index (κ2) is 7.21. The van der Waals surface area contributed by atoms with E-state index in [1.54, 1.807) is 6.08 Å². The van der Waals surface area contributed by atoms with Crippen molar-refractivity contribution >= 4 is 27.9 Å². The summed E-state index contributed by atoms with van der Waals surface area (Å²) < 4.78 is 0. The van der Waals surface area contributed by atoms with Gasteiger partial charge in [0.2, 0.25) is 5.91 Å². The predicted octanol–water partition coefficient (Wildman–Crippen LogP) is 4.06. The van der Waals surface area contributed by atoms with E-state index in [9.17, 15) is 4.79 Å². The molecule has 27 heavy (non-hydrogen) atoms. The number of allylic oxidation sites excluding steroid dienone is 1. The lowest BCUT2D eigenvalue weighted by Crippen LogP contribution is -2.09. The lowest BCUT2D eigenvalue weighted by Gasteiger charge is -2.08. The molecular weight excluding hydrogens is 338 g/mol. The highest BCUT2D eigenvalue weighted by Gasteiger charge is 2.10. The summed E-state index contributed by atoms with van der Waals surface area (Å²) in [5.74, 6) is 0.293. The number of benzene rings is 3. The first-order chi connectivity index (χ1) is 13.2. The Hall–Kier alpha value is -3.80. The van der Waals surface area contributed by atoms with Crippen LogP contribution in [-0.4, -0.2) is 26.5 Å². The van der Waals surface area contributed by atoms with Crippen LogP contribution in [0.25, 0.3) is 27.7 Å². The van der Waals surface area contributed by atoms with Gasteiger partial charge in [-0.3, -0.25) is 4.79 Å². The lowest BCUT2D eigenvalue weighted by atomic mass is 10.0. The molecule has 0 unspecified atom stereocenters. The van der Waals surface area contributed by atoms with Crippen molar-refractivity contribution in [1.29, 1.82) is 0 Å². The molecule has 1 amide bonds.